The Kier molecular flexibility index (Phi) is 3.76. The first-order chi connectivity index (χ1) is 11.7. The Bertz CT molecular complexity index is 775. The second kappa shape index (κ2) is 6.07. The molecule has 2 aliphatic heterocycles. The lowest BCUT2D eigenvalue weighted by molar-refractivity contribution is 0.228. The van der Waals surface area contributed by atoms with Gasteiger partial charge in [0.25, 0.3) is 0 Å². The average molecular weight is 323 g/mol. The fraction of sp³-hybridized carbons (Fsp3) is 0.316. The Balaban J connectivity index is 1.55. The maximum absolute atomic E-state index is 6.20. The molecule has 0 saturated carbocycles. The number of benzene rings is 2. The fourth-order valence-corrected chi connectivity index (χ4v) is 3.38. The van der Waals surface area contributed by atoms with Crippen molar-refractivity contribution in [1.82, 2.24) is 5.32 Å². The van der Waals surface area contributed by atoms with Gasteiger partial charge in [0.2, 0.25) is 0 Å². The van der Waals surface area contributed by atoms with Gasteiger partial charge in [-0.3, -0.25) is 0 Å². The monoisotopic (exact) mass is 323 g/mol. The summed E-state index contributed by atoms with van der Waals surface area (Å²) in [5.41, 5.74) is 8.41. The lowest BCUT2D eigenvalue weighted by atomic mass is 10.0. The van der Waals surface area contributed by atoms with Gasteiger partial charge < -0.3 is 20.5 Å². The fourth-order valence-electron chi connectivity index (χ4n) is 3.38. The second-order valence-corrected chi connectivity index (χ2v) is 6.19. The number of ether oxygens (including phenoxy) is 2. The molecule has 0 fully saturated rings. The normalized spacial score (nSPS) is 25.2. The average Bonchev–Trinajstić information content (AvgIpc) is 2.91. The van der Waals surface area contributed by atoms with Crippen molar-refractivity contribution in [2.45, 2.75) is 31.5 Å². The maximum Gasteiger partial charge on any atom is 0.189 e. The van der Waals surface area contributed by atoms with Crippen LogP contribution in [-0.2, 0) is 0 Å². The van der Waals surface area contributed by atoms with Crippen molar-refractivity contribution in [3.63, 3.8) is 0 Å². The SMILES string of the molecule is CC1Oc2ccccc2C1N=C(N)NC1CCOc2ccccc21. The molecule has 0 radical (unpaired) electrons. The molecule has 0 bridgehead atoms. The van der Waals surface area contributed by atoms with Crippen molar-refractivity contribution in [2.75, 3.05) is 6.61 Å². The molecule has 3 N–H and O–H groups in total. The number of nitrogens with two attached hydrogens (primary N) is 1. The van der Waals surface area contributed by atoms with Gasteiger partial charge in [-0.05, 0) is 19.1 Å². The molecule has 0 amide bonds. The van der Waals surface area contributed by atoms with Crippen LogP contribution in [0.1, 0.15) is 36.6 Å². The highest BCUT2D eigenvalue weighted by molar-refractivity contribution is 5.79. The van der Waals surface area contributed by atoms with Gasteiger partial charge in [0.15, 0.2) is 5.96 Å². The molecule has 2 aromatic carbocycles. The van der Waals surface area contributed by atoms with Crippen molar-refractivity contribution in [3.8, 4) is 11.5 Å². The van der Waals surface area contributed by atoms with Crippen molar-refractivity contribution >= 4 is 5.96 Å². The van der Waals surface area contributed by atoms with E-state index in [2.05, 4.69) is 16.4 Å². The van der Waals surface area contributed by atoms with E-state index in [1.807, 2.05) is 49.4 Å². The van der Waals surface area contributed by atoms with Gasteiger partial charge >= 0.3 is 0 Å². The summed E-state index contributed by atoms with van der Waals surface area (Å²) in [5.74, 6) is 2.24. The number of nitrogens with zero attached hydrogens (tertiary/aromatic N) is 1. The number of guanidine groups is 1. The molecule has 5 heteroatoms. The molecule has 0 spiro atoms. The molecule has 0 aromatic heterocycles. The smallest absolute Gasteiger partial charge is 0.189 e. The van der Waals surface area contributed by atoms with Crippen LogP contribution in [-0.4, -0.2) is 18.7 Å². The van der Waals surface area contributed by atoms with Crippen LogP contribution >= 0.6 is 0 Å². The van der Waals surface area contributed by atoms with Gasteiger partial charge in [-0.2, -0.15) is 0 Å². The molecule has 24 heavy (non-hydrogen) atoms. The third kappa shape index (κ3) is 2.66. The van der Waals surface area contributed by atoms with Crippen LogP contribution in [0.2, 0.25) is 0 Å². The van der Waals surface area contributed by atoms with E-state index >= 15 is 0 Å². The summed E-state index contributed by atoms with van der Waals surface area (Å²) in [7, 11) is 0. The Labute approximate surface area is 141 Å². The summed E-state index contributed by atoms with van der Waals surface area (Å²) in [5, 5.41) is 3.35. The predicted octanol–water partition coefficient (Wildman–Crippen LogP) is 2.94. The van der Waals surface area contributed by atoms with Crippen LogP contribution in [0.15, 0.2) is 53.5 Å². The molecule has 4 rings (SSSR count). The van der Waals surface area contributed by atoms with Crippen LogP contribution in [0.3, 0.4) is 0 Å². The summed E-state index contributed by atoms with van der Waals surface area (Å²) in [6.07, 6.45) is 0.838. The van der Waals surface area contributed by atoms with Crippen LogP contribution in [0.5, 0.6) is 11.5 Å². The van der Waals surface area contributed by atoms with Crippen molar-refractivity contribution in [3.05, 3.63) is 59.7 Å². The van der Waals surface area contributed by atoms with E-state index in [0.29, 0.717) is 12.6 Å². The molecule has 2 heterocycles. The van der Waals surface area contributed by atoms with E-state index in [1.54, 1.807) is 0 Å². The number of fused-ring (bicyclic) bond motifs is 2. The summed E-state index contributed by atoms with van der Waals surface area (Å²) in [6, 6.07) is 16.1. The molecule has 0 saturated heterocycles. The van der Waals surface area contributed by atoms with E-state index in [9.17, 15) is 0 Å². The molecule has 3 atom stereocenters. The molecule has 0 aliphatic carbocycles. The molecule has 5 nitrogen and oxygen atoms in total. The summed E-state index contributed by atoms with van der Waals surface area (Å²) in [6.45, 7) is 2.69. The van der Waals surface area contributed by atoms with E-state index in [0.717, 1.165) is 29.0 Å². The third-order valence-electron chi connectivity index (χ3n) is 4.55. The van der Waals surface area contributed by atoms with Crippen LogP contribution in [0, 0.1) is 0 Å². The molecule has 124 valence electrons. The lowest BCUT2D eigenvalue weighted by Crippen LogP contribution is -2.38. The third-order valence-corrected chi connectivity index (χ3v) is 4.55. The molecule has 2 aliphatic rings. The zero-order valence-corrected chi connectivity index (χ0v) is 13.6. The zero-order valence-electron chi connectivity index (χ0n) is 13.6. The summed E-state index contributed by atoms with van der Waals surface area (Å²) in [4.78, 5) is 4.68. The lowest BCUT2D eigenvalue weighted by Gasteiger charge is -2.27. The Morgan fingerprint density at radius 1 is 1.08 bits per heavy atom. The number of para-hydroxylation sites is 2. The molecular weight excluding hydrogens is 302 g/mol. The zero-order chi connectivity index (χ0) is 16.5. The van der Waals surface area contributed by atoms with Crippen molar-refractivity contribution in [1.29, 1.82) is 0 Å². The largest absolute Gasteiger partial charge is 0.493 e. The van der Waals surface area contributed by atoms with Gasteiger partial charge in [-0.1, -0.05) is 36.4 Å². The van der Waals surface area contributed by atoms with E-state index in [4.69, 9.17) is 15.2 Å². The second-order valence-electron chi connectivity index (χ2n) is 6.19. The molecular formula is C19H21N3O2. The predicted molar refractivity (Wildman–Crippen MR) is 93.3 cm³/mol. The van der Waals surface area contributed by atoms with Gasteiger partial charge in [0, 0.05) is 17.5 Å². The van der Waals surface area contributed by atoms with Gasteiger partial charge in [-0.15, -0.1) is 0 Å². The summed E-state index contributed by atoms with van der Waals surface area (Å²) >= 11 is 0. The standard InChI is InChI=1S/C19H21N3O2/c1-12-18(14-7-3-5-9-17(14)24-12)22-19(20)21-15-10-11-23-16-8-4-2-6-13(15)16/h2-9,12,15,18H,10-11H2,1H3,(H3,20,21,22). The van der Waals surface area contributed by atoms with Gasteiger partial charge in [0.05, 0.1) is 12.6 Å². The highest BCUT2D eigenvalue weighted by atomic mass is 16.5. The maximum atomic E-state index is 6.20. The van der Waals surface area contributed by atoms with Gasteiger partial charge in [-0.25, -0.2) is 4.99 Å². The van der Waals surface area contributed by atoms with Crippen LogP contribution in [0.25, 0.3) is 0 Å². The topological polar surface area (TPSA) is 68.9 Å². The first-order valence-electron chi connectivity index (χ1n) is 8.29. The van der Waals surface area contributed by atoms with Crippen LogP contribution in [0.4, 0.5) is 0 Å². The highest BCUT2D eigenvalue weighted by Gasteiger charge is 2.31. The Hall–Kier alpha value is -2.69. The quantitative estimate of drug-likeness (QED) is 0.658. The first kappa shape index (κ1) is 14.9. The Morgan fingerprint density at radius 2 is 1.79 bits per heavy atom. The minimum atomic E-state index is -0.0798. The number of hydrogen-bond acceptors (Lipinski definition) is 3. The minimum absolute atomic E-state index is 0.0234. The number of nitrogens with one attached hydrogen (secondary N) is 1. The highest BCUT2D eigenvalue weighted by Crippen LogP contribution is 2.38. The van der Waals surface area contributed by atoms with Crippen LogP contribution < -0.4 is 20.5 Å². The van der Waals surface area contributed by atoms with Crippen molar-refractivity contribution in [2.24, 2.45) is 10.7 Å². The van der Waals surface area contributed by atoms with Gasteiger partial charge in [0.1, 0.15) is 23.6 Å². The van der Waals surface area contributed by atoms with Crippen molar-refractivity contribution < 1.29 is 9.47 Å². The number of rotatable bonds is 2. The number of aliphatic imine (C=N–C) groups is 1. The Morgan fingerprint density at radius 3 is 2.62 bits per heavy atom. The summed E-state index contributed by atoms with van der Waals surface area (Å²) < 4.78 is 11.5. The first-order valence-corrected chi connectivity index (χ1v) is 8.29. The number of hydrogen-bond donors (Lipinski definition) is 2. The molecule has 2 aromatic rings. The van der Waals surface area contributed by atoms with E-state index in [1.165, 1.54) is 0 Å². The van der Waals surface area contributed by atoms with E-state index in [-0.39, 0.29) is 18.2 Å². The minimum Gasteiger partial charge on any atom is -0.493 e. The molecule has 3 unspecified atom stereocenters. The van der Waals surface area contributed by atoms with E-state index < -0.39 is 0 Å².